The molecular weight excluding hydrogens is 186 g/mol. The number of hydrogen-bond acceptors (Lipinski definition) is 5. The van der Waals surface area contributed by atoms with E-state index < -0.39 is 0 Å². The second kappa shape index (κ2) is 3.99. The van der Waals surface area contributed by atoms with Crippen LogP contribution in [0.5, 0.6) is 0 Å². The largest absolute Gasteiger partial charge is 0.358 e. The van der Waals surface area contributed by atoms with Crippen LogP contribution in [0.15, 0.2) is 24.0 Å². The van der Waals surface area contributed by atoms with Crippen LogP contribution in [-0.2, 0) is 6.54 Å². The monoisotopic (exact) mass is 195 g/mol. The van der Waals surface area contributed by atoms with Crippen LogP contribution in [0.3, 0.4) is 0 Å². The third kappa shape index (κ3) is 2.25. The van der Waals surface area contributed by atoms with Gasteiger partial charge in [-0.15, -0.1) is 10.2 Å². The van der Waals surface area contributed by atoms with Crippen LogP contribution in [0.2, 0.25) is 0 Å². The Morgan fingerprint density at radius 1 is 1.54 bits per heavy atom. The average molecular weight is 195 g/mol. The van der Waals surface area contributed by atoms with Gasteiger partial charge in [-0.2, -0.15) is 5.10 Å². The summed E-state index contributed by atoms with van der Waals surface area (Å²) in [6.45, 7) is 1.66. The van der Waals surface area contributed by atoms with Crippen LogP contribution < -0.4 is 5.32 Å². The van der Waals surface area contributed by atoms with Gasteiger partial charge in [-0.3, -0.25) is 4.68 Å². The first-order valence-electron chi connectivity index (χ1n) is 3.92. The summed E-state index contributed by atoms with van der Waals surface area (Å²) < 4.78 is 1.87. The highest BCUT2D eigenvalue weighted by Crippen LogP contribution is 2.06. The Morgan fingerprint density at radius 3 is 3.23 bits per heavy atom. The molecule has 0 amide bonds. The Labute approximate surface area is 79.4 Å². The Hall–Kier alpha value is -1.43. The van der Waals surface area contributed by atoms with Gasteiger partial charge in [-0.05, 0) is 6.07 Å². The first kappa shape index (κ1) is 8.18. The lowest BCUT2D eigenvalue weighted by atomic mass is 10.6. The van der Waals surface area contributed by atoms with Gasteiger partial charge in [0.1, 0.15) is 5.51 Å². The summed E-state index contributed by atoms with van der Waals surface area (Å²) in [5.41, 5.74) is 1.70. The smallest absolute Gasteiger partial charge is 0.205 e. The second-order valence-electron chi connectivity index (χ2n) is 2.44. The molecule has 13 heavy (non-hydrogen) atoms. The molecule has 0 atom stereocenters. The molecule has 1 N–H and O–H groups in total. The zero-order valence-corrected chi connectivity index (χ0v) is 7.74. The van der Waals surface area contributed by atoms with Crippen LogP contribution in [-0.4, -0.2) is 26.5 Å². The van der Waals surface area contributed by atoms with E-state index in [1.807, 2.05) is 16.9 Å². The summed E-state index contributed by atoms with van der Waals surface area (Å²) in [5, 5.41) is 15.7. The molecule has 0 aromatic carbocycles. The maximum Gasteiger partial charge on any atom is 0.205 e. The summed E-state index contributed by atoms with van der Waals surface area (Å²) in [6, 6.07) is 1.91. The summed E-state index contributed by atoms with van der Waals surface area (Å²) in [6.07, 6.45) is 3.70. The highest BCUT2D eigenvalue weighted by molar-refractivity contribution is 7.13. The van der Waals surface area contributed by atoms with E-state index in [0.29, 0.717) is 0 Å². The quantitative estimate of drug-likeness (QED) is 0.785. The number of anilines is 1. The molecule has 0 aliphatic heterocycles. The minimum atomic E-state index is 0.816. The third-order valence-corrected chi connectivity index (χ3v) is 2.19. The predicted molar refractivity (Wildman–Crippen MR) is 50.6 cm³/mol. The Balaban J connectivity index is 1.76. The van der Waals surface area contributed by atoms with Crippen molar-refractivity contribution in [2.45, 2.75) is 6.54 Å². The molecule has 0 spiro atoms. The van der Waals surface area contributed by atoms with Gasteiger partial charge in [-0.25, -0.2) is 0 Å². The number of hydrogen-bond donors (Lipinski definition) is 1. The molecule has 0 unspecified atom stereocenters. The first-order valence-corrected chi connectivity index (χ1v) is 4.80. The second-order valence-corrected chi connectivity index (χ2v) is 3.27. The molecule has 0 saturated heterocycles. The van der Waals surface area contributed by atoms with E-state index >= 15 is 0 Å². The lowest BCUT2D eigenvalue weighted by Crippen LogP contribution is -2.10. The van der Waals surface area contributed by atoms with Crippen molar-refractivity contribution in [3.05, 3.63) is 24.0 Å². The van der Waals surface area contributed by atoms with E-state index in [1.165, 1.54) is 11.3 Å². The number of nitrogens with one attached hydrogen (secondary N) is 1. The Kier molecular flexibility index (Phi) is 2.51. The van der Waals surface area contributed by atoms with Crippen LogP contribution >= 0.6 is 11.3 Å². The molecule has 0 aliphatic rings. The van der Waals surface area contributed by atoms with Gasteiger partial charge >= 0.3 is 0 Å². The molecule has 6 heteroatoms. The maximum absolute atomic E-state index is 4.08. The van der Waals surface area contributed by atoms with E-state index in [1.54, 1.807) is 11.7 Å². The fourth-order valence-corrected chi connectivity index (χ4v) is 1.43. The molecule has 5 nitrogen and oxygen atoms in total. The predicted octanol–water partition coefficient (Wildman–Crippen LogP) is 0.847. The van der Waals surface area contributed by atoms with Gasteiger partial charge in [0.2, 0.25) is 5.13 Å². The first-order chi connectivity index (χ1) is 6.45. The van der Waals surface area contributed by atoms with Crippen LogP contribution in [0.4, 0.5) is 5.13 Å². The summed E-state index contributed by atoms with van der Waals surface area (Å²) >= 11 is 1.50. The highest BCUT2D eigenvalue weighted by atomic mass is 32.1. The van der Waals surface area contributed by atoms with Gasteiger partial charge in [0, 0.05) is 18.9 Å². The maximum atomic E-state index is 4.08. The minimum Gasteiger partial charge on any atom is -0.358 e. The summed E-state index contributed by atoms with van der Waals surface area (Å²) in [7, 11) is 0. The topological polar surface area (TPSA) is 55.6 Å². The molecule has 0 bridgehead atoms. The van der Waals surface area contributed by atoms with Gasteiger partial charge in [0.05, 0.1) is 6.54 Å². The molecule has 2 aromatic rings. The molecule has 2 aromatic heterocycles. The van der Waals surface area contributed by atoms with Gasteiger partial charge in [-0.1, -0.05) is 11.3 Å². The Bertz CT molecular complexity index is 293. The summed E-state index contributed by atoms with van der Waals surface area (Å²) in [5.74, 6) is 0. The molecule has 2 heterocycles. The van der Waals surface area contributed by atoms with E-state index in [0.717, 1.165) is 18.2 Å². The standard InChI is InChI=1S/C7H9N5S/c1-2-10-12(4-1)5-3-8-7-11-9-6-13-7/h1-2,4,6H,3,5H2,(H,8,11). The van der Waals surface area contributed by atoms with Crippen molar-refractivity contribution in [1.29, 1.82) is 0 Å². The van der Waals surface area contributed by atoms with Gasteiger partial charge in [0.15, 0.2) is 0 Å². The van der Waals surface area contributed by atoms with Crippen molar-refractivity contribution in [3.63, 3.8) is 0 Å². The van der Waals surface area contributed by atoms with Crippen molar-refractivity contribution in [2.75, 3.05) is 11.9 Å². The number of nitrogens with zero attached hydrogens (tertiary/aromatic N) is 4. The van der Waals surface area contributed by atoms with Crippen molar-refractivity contribution in [2.24, 2.45) is 0 Å². The fraction of sp³-hybridized carbons (Fsp3) is 0.286. The lowest BCUT2D eigenvalue weighted by molar-refractivity contribution is 0.637. The SMILES string of the molecule is c1cnn(CCNc2nncs2)c1. The molecular formula is C7H9N5S. The zero-order valence-electron chi connectivity index (χ0n) is 6.92. The molecule has 0 fully saturated rings. The third-order valence-electron chi connectivity index (χ3n) is 1.54. The zero-order chi connectivity index (χ0) is 8.93. The normalized spacial score (nSPS) is 10.2. The molecule has 0 saturated carbocycles. The van der Waals surface area contributed by atoms with Gasteiger partial charge in [0.25, 0.3) is 0 Å². The van der Waals surface area contributed by atoms with E-state index in [9.17, 15) is 0 Å². The van der Waals surface area contributed by atoms with Crippen LogP contribution in [0, 0.1) is 0 Å². The Morgan fingerprint density at radius 2 is 2.54 bits per heavy atom. The van der Waals surface area contributed by atoms with E-state index in [4.69, 9.17) is 0 Å². The van der Waals surface area contributed by atoms with Gasteiger partial charge < -0.3 is 5.32 Å². The van der Waals surface area contributed by atoms with Crippen molar-refractivity contribution in [3.8, 4) is 0 Å². The molecule has 0 radical (unpaired) electrons. The van der Waals surface area contributed by atoms with Crippen LogP contribution in [0.25, 0.3) is 0 Å². The van der Waals surface area contributed by atoms with Crippen LogP contribution in [0.1, 0.15) is 0 Å². The van der Waals surface area contributed by atoms with Crippen molar-refractivity contribution in [1.82, 2.24) is 20.0 Å². The minimum absolute atomic E-state index is 0.816. The molecule has 68 valence electrons. The van der Waals surface area contributed by atoms with Crippen molar-refractivity contribution < 1.29 is 0 Å². The van der Waals surface area contributed by atoms with Crippen molar-refractivity contribution >= 4 is 16.5 Å². The lowest BCUT2D eigenvalue weighted by Gasteiger charge is -2.01. The highest BCUT2D eigenvalue weighted by Gasteiger charge is 1.94. The average Bonchev–Trinajstić information content (AvgIpc) is 2.75. The number of rotatable bonds is 4. The molecule has 0 aliphatic carbocycles. The van der Waals surface area contributed by atoms with E-state index in [-0.39, 0.29) is 0 Å². The van der Waals surface area contributed by atoms with E-state index in [2.05, 4.69) is 20.6 Å². The summed E-state index contributed by atoms with van der Waals surface area (Å²) in [4.78, 5) is 0. The molecule has 2 rings (SSSR count). The fourth-order valence-electron chi connectivity index (χ4n) is 0.960. The number of aromatic nitrogens is 4.